The van der Waals surface area contributed by atoms with Crippen LogP contribution in [0.4, 0.5) is 5.69 Å². The molecule has 4 nitrogen and oxygen atoms in total. The van der Waals surface area contributed by atoms with Gasteiger partial charge in [0, 0.05) is 17.3 Å². The standard InChI is InChI=1S/C16H24ClN3O.ClH/c1-12-14(17)5-2-6-15(12)19-16(21)11-20-9-3-4-13(10-20)7-8-18;/h2,5-6,13H,3-4,7-11,18H2,1H3,(H,19,21);1H. The molecule has 0 bridgehead atoms. The second-order valence-electron chi connectivity index (χ2n) is 5.78. The van der Waals surface area contributed by atoms with Gasteiger partial charge in [-0.2, -0.15) is 0 Å². The van der Waals surface area contributed by atoms with Crippen LogP contribution in [0.5, 0.6) is 0 Å². The fraction of sp³-hybridized carbons (Fsp3) is 0.562. The monoisotopic (exact) mass is 345 g/mol. The molecule has 1 heterocycles. The van der Waals surface area contributed by atoms with Gasteiger partial charge in [0.2, 0.25) is 5.91 Å². The molecular formula is C16H25Cl2N3O. The Morgan fingerprint density at radius 1 is 1.50 bits per heavy atom. The van der Waals surface area contributed by atoms with Gasteiger partial charge in [0.1, 0.15) is 0 Å². The predicted molar refractivity (Wildman–Crippen MR) is 94.9 cm³/mol. The molecule has 0 saturated carbocycles. The Balaban J connectivity index is 0.00000242. The predicted octanol–water partition coefficient (Wildman–Crippen LogP) is 3.07. The Labute approximate surface area is 143 Å². The van der Waals surface area contributed by atoms with Crippen molar-refractivity contribution in [2.45, 2.75) is 26.2 Å². The zero-order valence-corrected chi connectivity index (χ0v) is 14.6. The van der Waals surface area contributed by atoms with E-state index in [4.69, 9.17) is 17.3 Å². The fourth-order valence-electron chi connectivity index (χ4n) is 2.90. The van der Waals surface area contributed by atoms with Crippen molar-refractivity contribution in [1.29, 1.82) is 0 Å². The number of benzene rings is 1. The summed E-state index contributed by atoms with van der Waals surface area (Å²) in [5, 5.41) is 3.63. The number of nitrogens with zero attached hydrogens (tertiary/aromatic N) is 1. The third-order valence-corrected chi connectivity index (χ3v) is 4.50. The van der Waals surface area contributed by atoms with Crippen LogP contribution in [-0.2, 0) is 4.79 Å². The second kappa shape index (κ2) is 9.36. The number of piperidine rings is 1. The van der Waals surface area contributed by atoms with Gasteiger partial charge in [-0.15, -0.1) is 12.4 Å². The number of nitrogens with one attached hydrogen (secondary N) is 1. The van der Waals surface area contributed by atoms with E-state index in [0.29, 0.717) is 17.5 Å². The Hall–Kier alpha value is -0.810. The molecule has 0 aliphatic carbocycles. The number of nitrogens with two attached hydrogens (primary N) is 1. The maximum atomic E-state index is 12.2. The molecule has 1 aliphatic heterocycles. The quantitative estimate of drug-likeness (QED) is 0.862. The van der Waals surface area contributed by atoms with E-state index >= 15 is 0 Å². The van der Waals surface area contributed by atoms with Crippen LogP contribution < -0.4 is 11.1 Å². The van der Waals surface area contributed by atoms with E-state index in [1.165, 1.54) is 6.42 Å². The third kappa shape index (κ3) is 5.43. The SMILES string of the molecule is Cc1c(Cl)cccc1NC(=O)CN1CCCC(CCN)C1.Cl. The maximum Gasteiger partial charge on any atom is 0.238 e. The topological polar surface area (TPSA) is 58.4 Å². The molecule has 1 saturated heterocycles. The van der Waals surface area contributed by atoms with E-state index in [0.717, 1.165) is 43.7 Å². The highest BCUT2D eigenvalue weighted by molar-refractivity contribution is 6.31. The lowest BCUT2D eigenvalue weighted by atomic mass is 9.95. The number of carbonyl (C=O) groups excluding carboxylic acids is 1. The van der Waals surface area contributed by atoms with Gasteiger partial charge in [-0.3, -0.25) is 9.69 Å². The zero-order chi connectivity index (χ0) is 15.2. The molecule has 1 aromatic rings. The molecule has 1 aromatic carbocycles. The first kappa shape index (κ1) is 19.2. The summed E-state index contributed by atoms with van der Waals surface area (Å²) in [5.74, 6) is 0.651. The van der Waals surface area contributed by atoms with Crippen molar-refractivity contribution in [3.8, 4) is 0 Å². The summed E-state index contributed by atoms with van der Waals surface area (Å²) >= 11 is 6.07. The average molecular weight is 346 g/mol. The van der Waals surface area contributed by atoms with Gasteiger partial charge in [0.25, 0.3) is 0 Å². The van der Waals surface area contributed by atoms with Crippen LogP contribution in [0.2, 0.25) is 5.02 Å². The van der Waals surface area contributed by atoms with Gasteiger partial charge in [0.15, 0.2) is 0 Å². The molecule has 0 radical (unpaired) electrons. The van der Waals surface area contributed by atoms with Crippen LogP contribution >= 0.6 is 24.0 Å². The van der Waals surface area contributed by atoms with Crippen molar-refractivity contribution in [3.63, 3.8) is 0 Å². The highest BCUT2D eigenvalue weighted by Gasteiger charge is 2.21. The van der Waals surface area contributed by atoms with Crippen molar-refractivity contribution in [2.24, 2.45) is 11.7 Å². The Bertz CT molecular complexity index is 494. The van der Waals surface area contributed by atoms with Crippen LogP contribution in [0.15, 0.2) is 18.2 Å². The number of amides is 1. The lowest BCUT2D eigenvalue weighted by molar-refractivity contribution is -0.117. The molecule has 124 valence electrons. The van der Waals surface area contributed by atoms with Gasteiger partial charge in [-0.1, -0.05) is 17.7 Å². The Morgan fingerprint density at radius 2 is 2.27 bits per heavy atom. The maximum absolute atomic E-state index is 12.2. The minimum absolute atomic E-state index is 0. The molecule has 1 fully saturated rings. The van der Waals surface area contributed by atoms with E-state index in [-0.39, 0.29) is 18.3 Å². The van der Waals surface area contributed by atoms with Gasteiger partial charge in [-0.25, -0.2) is 0 Å². The van der Waals surface area contributed by atoms with E-state index in [1.807, 2.05) is 25.1 Å². The number of hydrogen-bond acceptors (Lipinski definition) is 3. The summed E-state index contributed by atoms with van der Waals surface area (Å²) in [7, 11) is 0. The molecular weight excluding hydrogens is 321 g/mol. The minimum Gasteiger partial charge on any atom is -0.330 e. The molecule has 0 spiro atoms. The zero-order valence-electron chi connectivity index (χ0n) is 13.0. The van der Waals surface area contributed by atoms with E-state index < -0.39 is 0 Å². The number of rotatable bonds is 5. The van der Waals surface area contributed by atoms with Crippen molar-refractivity contribution < 1.29 is 4.79 Å². The van der Waals surface area contributed by atoms with Crippen molar-refractivity contribution in [2.75, 3.05) is 31.5 Å². The van der Waals surface area contributed by atoms with Crippen LogP contribution in [0.25, 0.3) is 0 Å². The van der Waals surface area contributed by atoms with Crippen molar-refractivity contribution >= 4 is 35.6 Å². The summed E-state index contributed by atoms with van der Waals surface area (Å²) in [6.07, 6.45) is 3.42. The van der Waals surface area contributed by atoms with Crippen molar-refractivity contribution in [1.82, 2.24) is 4.90 Å². The number of hydrogen-bond donors (Lipinski definition) is 2. The summed E-state index contributed by atoms with van der Waals surface area (Å²) in [6, 6.07) is 5.56. The number of halogens is 2. The molecule has 3 N–H and O–H groups in total. The van der Waals surface area contributed by atoms with Crippen LogP contribution in [0.3, 0.4) is 0 Å². The number of likely N-dealkylation sites (tertiary alicyclic amines) is 1. The largest absolute Gasteiger partial charge is 0.330 e. The minimum atomic E-state index is 0. The molecule has 1 amide bonds. The summed E-state index contributed by atoms with van der Waals surface area (Å²) in [6.45, 7) is 5.04. The van der Waals surface area contributed by atoms with E-state index in [2.05, 4.69) is 10.2 Å². The normalized spacial score (nSPS) is 18.6. The van der Waals surface area contributed by atoms with Crippen molar-refractivity contribution in [3.05, 3.63) is 28.8 Å². The molecule has 1 aliphatic rings. The highest BCUT2D eigenvalue weighted by Crippen LogP contribution is 2.23. The highest BCUT2D eigenvalue weighted by atomic mass is 35.5. The average Bonchev–Trinajstić information content (AvgIpc) is 2.44. The fourth-order valence-corrected chi connectivity index (χ4v) is 3.08. The van der Waals surface area contributed by atoms with Gasteiger partial charge in [0.05, 0.1) is 6.54 Å². The van der Waals surface area contributed by atoms with Crippen LogP contribution in [0, 0.1) is 12.8 Å². The molecule has 0 aromatic heterocycles. The van der Waals surface area contributed by atoms with Gasteiger partial charge in [-0.05, 0) is 62.9 Å². The van der Waals surface area contributed by atoms with Crippen LogP contribution in [0.1, 0.15) is 24.8 Å². The second-order valence-corrected chi connectivity index (χ2v) is 6.19. The lowest BCUT2D eigenvalue weighted by Crippen LogP contribution is -2.41. The molecule has 1 unspecified atom stereocenters. The summed E-state index contributed by atoms with van der Waals surface area (Å²) in [4.78, 5) is 14.4. The summed E-state index contributed by atoms with van der Waals surface area (Å²) in [5.41, 5.74) is 7.33. The number of carbonyl (C=O) groups is 1. The summed E-state index contributed by atoms with van der Waals surface area (Å²) < 4.78 is 0. The van der Waals surface area contributed by atoms with E-state index in [9.17, 15) is 4.79 Å². The first-order valence-electron chi connectivity index (χ1n) is 7.57. The first-order valence-corrected chi connectivity index (χ1v) is 7.95. The third-order valence-electron chi connectivity index (χ3n) is 4.09. The molecule has 22 heavy (non-hydrogen) atoms. The Kier molecular flexibility index (Phi) is 8.18. The van der Waals surface area contributed by atoms with Gasteiger partial charge < -0.3 is 11.1 Å². The first-order chi connectivity index (χ1) is 10.1. The molecule has 6 heteroatoms. The molecule has 2 rings (SSSR count). The Morgan fingerprint density at radius 3 is 3.00 bits per heavy atom. The van der Waals surface area contributed by atoms with E-state index in [1.54, 1.807) is 0 Å². The van der Waals surface area contributed by atoms with Gasteiger partial charge >= 0.3 is 0 Å². The lowest BCUT2D eigenvalue weighted by Gasteiger charge is -2.32. The molecule has 1 atom stereocenters. The van der Waals surface area contributed by atoms with Crippen LogP contribution in [-0.4, -0.2) is 37.0 Å². The number of anilines is 1. The smallest absolute Gasteiger partial charge is 0.238 e.